The molecular formula is C23H19NO3. The molecule has 4 rings (SSSR count). The van der Waals surface area contributed by atoms with E-state index in [2.05, 4.69) is 12.1 Å². The zero-order valence-corrected chi connectivity index (χ0v) is 14.8. The summed E-state index contributed by atoms with van der Waals surface area (Å²) in [6.07, 6.45) is 1.83. The van der Waals surface area contributed by atoms with E-state index in [0.717, 1.165) is 12.8 Å². The Morgan fingerprint density at radius 3 is 2.11 bits per heavy atom. The standard InChI is InChI=1S/C23H19NO3/c25-22-20-13-4-5-14-21(20)23(26)24(22)18-11-6-12-19(16-18)27-15-7-10-17-8-2-1-3-9-17/h1-6,8-9,11-14,16H,7,10,15H2. The first-order valence-corrected chi connectivity index (χ1v) is 8.98. The number of imide groups is 1. The third-order valence-electron chi connectivity index (χ3n) is 4.59. The van der Waals surface area contributed by atoms with Gasteiger partial charge in [0.25, 0.3) is 11.8 Å². The summed E-state index contributed by atoms with van der Waals surface area (Å²) in [6, 6.07) is 24.3. The van der Waals surface area contributed by atoms with E-state index in [0.29, 0.717) is 29.2 Å². The van der Waals surface area contributed by atoms with E-state index >= 15 is 0 Å². The molecule has 3 aromatic rings. The predicted molar refractivity (Wildman–Crippen MR) is 104 cm³/mol. The van der Waals surface area contributed by atoms with Crippen LogP contribution < -0.4 is 9.64 Å². The molecule has 0 N–H and O–H groups in total. The van der Waals surface area contributed by atoms with E-state index in [9.17, 15) is 9.59 Å². The topological polar surface area (TPSA) is 46.6 Å². The summed E-state index contributed by atoms with van der Waals surface area (Å²) in [4.78, 5) is 26.4. The average Bonchev–Trinajstić information content (AvgIpc) is 2.97. The Morgan fingerprint density at radius 2 is 1.41 bits per heavy atom. The third kappa shape index (κ3) is 3.47. The number of hydrogen-bond donors (Lipinski definition) is 0. The molecule has 0 saturated heterocycles. The second kappa shape index (κ2) is 7.46. The van der Waals surface area contributed by atoms with Crippen LogP contribution in [0.25, 0.3) is 0 Å². The maximum Gasteiger partial charge on any atom is 0.266 e. The largest absolute Gasteiger partial charge is 0.494 e. The lowest BCUT2D eigenvalue weighted by molar-refractivity contribution is 0.0926. The minimum Gasteiger partial charge on any atom is -0.494 e. The molecule has 134 valence electrons. The van der Waals surface area contributed by atoms with Crippen molar-refractivity contribution in [2.45, 2.75) is 12.8 Å². The number of carbonyl (C=O) groups is 2. The Balaban J connectivity index is 1.42. The van der Waals surface area contributed by atoms with Gasteiger partial charge in [-0.05, 0) is 42.7 Å². The number of carbonyl (C=O) groups excluding carboxylic acids is 2. The normalized spacial score (nSPS) is 13.0. The molecule has 0 spiro atoms. The Bertz CT molecular complexity index is 947. The van der Waals surface area contributed by atoms with Crippen molar-refractivity contribution >= 4 is 17.5 Å². The van der Waals surface area contributed by atoms with Gasteiger partial charge in [0, 0.05) is 6.07 Å². The number of benzene rings is 3. The highest BCUT2D eigenvalue weighted by atomic mass is 16.5. The molecule has 0 atom stereocenters. The second-order valence-corrected chi connectivity index (χ2v) is 6.43. The first-order chi connectivity index (χ1) is 13.2. The summed E-state index contributed by atoms with van der Waals surface area (Å²) in [5.41, 5.74) is 2.69. The predicted octanol–water partition coefficient (Wildman–Crippen LogP) is 4.50. The second-order valence-electron chi connectivity index (χ2n) is 6.43. The first-order valence-electron chi connectivity index (χ1n) is 8.98. The van der Waals surface area contributed by atoms with Crippen LogP contribution in [0.5, 0.6) is 5.75 Å². The monoisotopic (exact) mass is 357 g/mol. The van der Waals surface area contributed by atoms with Gasteiger partial charge in [-0.15, -0.1) is 0 Å². The molecule has 0 fully saturated rings. The van der Waals surface area contributed by atoms with Crippen LogP contribution in [0.15, 0.2) is 78.9 Å². The summed E-state index contributed by atoms with van der Waals surface area (Å²) in [5.74, 6) is 0.0609. The maximum atomic E-state index is 12.6. The van der Waals surface area contributed by atoms with Gasteiger partial charge in [-0.3, -0.25) is 9.59 Å². The molecular weight excluding hydrogens is 338 g/mol. The average molecular weight is 357 g/mol. The summed E-state index contributed by atoms with van der Waals surface area (Å²) in [5, 5.41) is 0. The van der Waals surface area contributed by atoms with Crippen molar-refractivity contribution < 1.29 is 14.3 Å². The van der Waals surface area contributed by atoms with Gasteiger partial charge in [0.2, 0.25) is 0 Å². The van der Waals surface area contributed by atoms with Gasteiger partial charge >= 0.3 is 0 Å². The van der Waals surface area contributed by atoms with E-state index in [-0.39, 0.29) is 11.8 Å². The highest BCUT2D eigenvalue weighted by molar-refractivity contribution is 6.34. The van der Waals surface area contributed by atoms with Crippen molar-refractivity contribution in [1.82, 2.24) is 0 Å². The van der Waals surface area contributed by atoms with E-state index in [4.69, 9.17) is 4.74 Å². The highest BCUT2D eigenvalue weighted by Crippen LogP contribution is 2.30. The number of nitrogens with zero attached hydrogens (tertiary/aromatic N) is 1. The van der Waals surface area contributed by atoms with E-state index in [1.807, 2.05) is 24.3 Å². The lowest BCUT2D eigenvalue weighted by atomic mass is 10.1. The number of anilines is 1. The van der Waals surface area contributed by atoms with Crippen LogP contribution >= 0.6 is 0 Å². The van der Waals surface area contributed by atoms with Crippen LogP contribution in [0.1, 0.15) is 32.7 Å². The van der Waals surface area contributed by atoms with E-state index < -0.39 is 0 Å². The molecule has 1 aliphatic heterocycles. The molecule has 0 aromatic heterocycles. The Labute approximate surface area is 158 Å². The SMILES string of the molecule is O=C1c2ccccc2C(=O)N1c1cccc(OCCCc2ccccc2)c1. The first kappa shape index (κ1) is 17.0. The molecule has 4 nitrogen and oxygen atoms in total. The zero-order chi connectivity index (χ0) is 18.6. The highest BCUT2D eigenvalue weighted by Gasteiger charge is 2.36. The molecule has 27 heavy (non-hydrogen) atoms. The number of amides is 2. The van der Waals surface area contributed by atoms with Crippen LogP contribution in [0.3, 0.4) is 0 Å². The van der Waals surface area contributed by atoms with Crippen LogP contribution in [0.2, 0.25) is 0 Å². The number of fused-ring (bicyclic) bond motifs is 1. The van der Waals surface area contributed by atoms with E-state index in [1.165, 1.54) is 10.5 Å². The number of ether oxygens (including phenoxy) is 1. The van der Waals surface area contributed by atoms with Gasteiger partial charge in [0.05, 0.1) is 23.4 Å². The Hall–Kier alpha value is -3.40. The fraction of sp³-hybridized carbons (Fsp3) is 0.130. The van der Waals surface area contributed by atoms with Gasteiger partial charge in [-0.2, -0.15) is 0 Å². The van der Waals surface area contributed by atoms with E-state index in [1.54, 1.807) is 42.5 Å². The van der Waals surface area contributed by atoms with Gasteiger partial charge in [-0.1, -0.05) is 48.5 Å². The molecule has 1 heterocycles. The summed E-state index contributed by atoms with van der Waals surface area (Å²) in [7, 11) is 0. The molecule has 4 heteroatoms. The van der Waals surface area contributed by atoms with Crippen LogP contribution in [0, 0.1) is 0 Å². The van der Waals surface area contributed by atoms with Crippen molar-refractivity contribution in [2.75, 3.05) is 11.5 Å². The van der Waals surface area contributed by atoms with Gasteiger partial charge in [-0.25, -0.2) is 4.90 Å². The van der Waals surface area contributed by atoms with Gasteiger partial charge < -0.3 is 4.74 Å². The third-order valence-corrected chi connectivity index (χ3v) is 4.59. The number of hydrogen-bond acceptors (Lipinski definition) is 3. The van der Waals surface area contributed by atoms with Crippen LogP contribution in [-0.2, 0) is 6.42 Å². The van der Waals surface area contributed by atoms with Crippen LogP contribution in [-0.4, -0.2) is 18.4 Å². The van der Waals surface area contributed by atoms with Crippen molar-refractivity contribution in [3.63, 3.8) is 0 Å². The Kier molecular flexibility index (Phi) is 4.71. The zero-order valence-electron chi connectivity index (χ0n) is 14.8. The van der Waals surface area contributed by atoms with Crippen molar-refractivity contribution in [1.29, 1.82) is 0 Å². The van der Waals surface area contributed by atoms with Crippen molar-refractivity contribution in [3.8, 4) is 5.75 Å². The number of aryl methyl sites for hydroxylation is 1. The van der Waals surface area contributed by atoms with Crippen molar-refractivity contribution in [2.24, 2.45) is 0 Å². The molecule has 1 aliphatic rings. The summed E-state index contributed by atoms with van der Waals surface area (Å²) < 4.78 is 5.83. The minimum absolute atomic E-state index is 0.295. The fourth-order valence-corrected chi connectivity index (χ4v) is 3.25. The molecule has 0 saturated carbocycles. The quantitative estimate of drug-likeness (QED) is 0.482. The molecule has 3 aromatic carbocycles. The number of rotatable bonds is 6. The minimum atomic E-state index is -0.295. The van der Waals surface area contributed by atoms with Crippen LogP contribution in [0.4, 0.5) is 5.69 Å². The summed E-state index contributed by atoms with van der Waals surface area (Å²) in [6.45, 7) is 0.570. The van der Waals surface area contributed by atoms with Gasteiger partial charge in [0.15, 0.2) is 0 Å². The summed E-state index contributed by atoms with van der Waals surface area (Å²) >= 11 is 0. The fourth-order valence-electron chi connectivity index (χ4n) is 3.25. The molecule has 0 unspecified atom stereocenters. The smallest absolute Gasteiger partial charge is 0.266 e. The molecule has 0 bridgehead atoms. The molecule has 0 aliphatic carbocycles. The lowest BCUT2D eigenvalue weighted by Gasteiger charge is -2.15. The Morgan fingerprint density at radius 1 is 0.741 bits per heavy atom. The molecule has 0 radical (unpaired) electrons. The van der Waals surface area contributed by atoms with Gasteiger partial charge in [0.1, 0.15) is 5.75 Å². The molecule has 2 amide bonds. The lowest BCUT2D eigenvalue weighted by Crippen LogP contribution is -2.29. The van der Waals surface area contributed by atoms with Crippen molar-refractivity contribution in [3.05, 3.63) is 95.6 Å². The maximum absolute atomic E-state index is 12.6.